The second-order valence-electron chi connectivity index (χ2n) is 5.44. The Balaban J connectivity index is 2.46. The minimum Gasteiger partial charge on any atom is -0.392 e. The number of sulfonamides is 1. The fourth-order valence-corrected chi connectivity index (χ4v) is 5.06. The molecule has 0 aromatic heterocycles. The number of rotatable bonds is 3. The number of hydrogen-bond donors (Lipinski definition) is 1. The highest BCUT2D eigenvalue weighted by Gasteiger charge is 2.33. The zero-order valence-corrected chi connectivity index (χ0v) is 14.7. The molecule has 0 amide bonds. The van der Waals surface area contributed by atoms with Crippen molar-refractivity contribution in [3.05, 3.63) is 27.7 Å². The van der Waals surface area contributed by atoms with Crippen LogP contribution in [0.4, 0.5) is 0 Å². The van der Waals surface area contributed by atoms with E-state index < -0.39 is 10.0 Å². The average Bonchev–Trinajstić information content (AvgIpc) is 2.40. The maximum absolute atomic E-state index is 12.9. The van der Waals surface area contributed by atoms with Crippen molar-refractivity contribution in [3.63, 3.8) is 0 Å². The molecule has 2 rings (SSSR count). The minimum absolute atomic E-state index is 0.131. The molecule has 1 aliphatic rings. The van der Waals surface area contributed by atoms with Crippen LogP contribution in [0.25, 0.3) is 0 Å². The van der Waals surface area contributed by atoms with Gasteiger partial charge in [-0.25, -0.2) is 8.42 Å². The highest BCUT2D eigenvalue weighted by atomic mass is 79.9. The van der Waals surface area contributed by atoms with Crippen molar-refractivity contribution in [1.82, 2.24) is 4.31 Å². The second-order valence-corrected chi connectivity index (χ2v) is 8.20. The van der Waals surface area contributed by atoms with Crippen molar-refractivity contribution in [2.24, 2.45) is 0 Å². The van der Waals surface area contributed by atoms with Crippen molar-refractivity contribution >= 4 is 26.0 Å². The molecule has 0 unspecified atom stereocenters. The van der Waals surface area contributed by atoms with Gasteiger partial charge in [-0.3, -0.25) is 0 Å². The molecule has 1 aromatic rings. The first-order valence-corrected chi connectivity index (χ1v) is 9.04. The summed E-state index contributed by atoms with van der Waals surface area (Å²) in [6, 6.07) is 3.28. The Morgan fingerprint density at radius 3 is 2.43 bits per heavy atom. The van der Waals surface area contributed by atoms with E-state index in [1.807, 2.05) is 13.8 Å². The summed E-state index contributed by atoms with van der Waals surface area (Å²) in [6.45, 7) is 5.97. The van der Waals surface area contributed by atoms with E-state index in [0.717, 1.165) is 0 Å². The maximum Gasteiger partial charge on any atom is 0.243 e. The number of aliphatic hydroxyl groups is 1. The van der Waals surface area contributed by atoms with Gasteiger partial charge in [-0.15, -0.1) is 0 Å². The van der Waals surface area contributed by atoms with Gasteiger partial charge < -0.3 is 9.84 Å². The summed E-state index contributed by atoms with van der Waals surface area (Å²) in [5.74, 6) is 0. The van der Waals surface area contributed by atoms with Crippen LogP contribution in [-0.2, 0) is 21.4 Å². The minimum atomic E-state index is -3.60. The molecule has 1 heterocycles. The molecule has 1 aliphatic heterocycles. The number of nitrogens with zero attached hydrogens (tertiary/aromatic N) is 1. The molecule has 0 bridgehead atoms. The van der Waals surface area contributed by atoms with Crippen LogP contribution < -0.4 is 0 Å². The summed E-state index contributed by atoms with van der Waals surface area (Å²) in [6.07, 6.45) is -0.262. The normalized spacial score (nSPS) is 24.2. The van der Waals surface area contributed by atoms with Gasteiger partial charge in [-0.05, 0) is 44.0 Å². The first-order chi connectivity index (χ1) is 9.75. The van der Waals surface area contributed by atoms with Crippen LogP contribution >= 0.6 is 15.9 Å². The summed E-state index contributed by atoms with van der Waals surface area (Å²) >= 11 is 3.36. The molecule has 7 heteroatoms. The molecule has 118 valence electrons. The van der Waals surface area contributed by atoms with E-state index in [1.165, 1.54) is 4.31 Å². The smallest absolute Gasteiger partial charge is 0.243 e. The van der Waals surface area contributed by atoms with Gasteiger partial charge in [0.1, 0.15) is 0 Å². The molecule has 2 atom stereocenters. The Labute approximate surface area is 134 Å². The number of halogens is 1. The predicted octanol–water partition coefficient (Wildman–Crippen LogP) is 2.05. The van der Waals surface area contributed by atoms with Gasteiger partial charge in [0.25, 0.3) is 0 Å². The molecule has 1 aromatic carbocycles. The summed E-state index contributed by atoms with van der Waals surface area (Å²) in [4.78, 5) is 0.238. The lowest BCUT2D eigenvalue weighted by molar-refractivity contribution is -0.0441. The first-order valence-electron chi connectivity index (χ1n) is 6.81. The van der Waals surface area contributed by atoms with Crippen LogP contribution in [0.2, 0.25) is 0 Å². The lowest BCUT2D eigenvalue weighted by Crippen LogP contribution is -2.48. The summed E-state index contributed by atoms with van der Waals surface area (Å²) in [5, 5.41) is 9.29. The topological polar surface area (TPSA) is 66.8 Å². The van der Waals surface area contributed by atoms with Crippen molar-refractivity contribution in [2.45, 2.75) is 44.5 Å². The van der Waals surface area contributed by atoms with Crippen LogP contribution in [0.5, 0.6) is 0 Å². The monoisotopic (exact) mass is 377 g/mol. The second kappa shape index (κ2) is 6.34. The number of aliphatic hydroxyl groups excluding tert-OH is 1. The quantitative estimate of drug-likeness (QED) is 0.874. The van der Waals surface area contributed by atoms with E-state index >= 15 is 0 Å². The zero-order chi connectivity index (χ0) is 15.8. The summed E-state index contributed by atoms with van der Waals surface area (Å²) < 4.78 is 33.5. The van der Waals surface area contributed by atoms with Crippen LogP contribution in [0, 0.1) is 6.92 Å². The van der Waals surface area contributed by atoms with Crippen LogP contribution in [0.15, 0.2) is 21.5 Å². The van der Waals surface area contributed by atoms with E-state index in [4.69, 9.17) is 4.74 Å². The fourth-order valence-electron chi connectivity index (χ4n) is 2.53. The highest BCUT2D eigenvalue weighted by Crippen LogP contribution is 2.29. The molecule has 21 heavy (non-hydrogen) atoms. The van der Waals surface area contributed by atoms with E-state index in [9.17, 15) is 13.5 Å². The Kier molecular flexibility index (Phi) is 5.10. The first kappa shape index (κ1) is 16.9. The molecule has 0 saturated carbocycles. The molecular weight excluding hydrogens is 358 g/mol. The Morgan fingerprint density at radius 1 is 1.33 bits per heavy atom. The van der Waals surface area contributed by atoms with E-state index in [1.54, 1.807) is 19.1 Å². The maximum atomic E-state index is 12.9. The Morgan fingerprint density at radius 2 is 1.90 bits per heavy atom. The SMILES string of the molecule is Cc1c(Br)cc(CO)cc1S(=O)(=O)N1C[C@@H](C)O[C@@H](C)C1. The van der Waals surface area contributed by atoms with Gasteiger partial charge in [-0.1, -0.05) is 15.9 Å². The molecule has 1 fully saturated rings. The van der Waals surface area contributed by atoms with Crippen LogP contribution in [0.3, 0.4) is 0 Å². The van der Waals surface area contributed by atoms with Crippen molar-refractivity contribution < 1.29 is 18.3 Å². The number of ether oxygens (including phenoxy) is 1. The molecule has 5 nitrogen and oxygen atoms in total. The standard InChI is InChI=1S/C14H20BrNO4S/c1-9-6-16(7-10(2)20-9)21(18,19)14-5-12(8-17)4-13(15)11(14)3/h4-5,9-10,17H,6-8H2,1-3H3/t9-,10+. The van der Waals surface area contributed by atoms with Gasteiger partial charge >= 0.3 is 0 Å². The molecule has 0 radical (unpaired) electrons. The van der Waals surface area contributed by atoms with Gasteiger partial charge in [0.2, 0.25) is 10.0 Å². The van der Waals surface area contributed by atoms with Gasteiger partial charge in [0.15, 0.2) is 0 Å². The van der Waals surface area contributed by atoms with Gasteiger partial charge in [-0.2, -0.15) is 4.31 Å². The van der Waals surface area contributed by atoms with E-state index in [-0.39, 0.29) is 23.7 Å². The Bertz CT molecular complexity index is 622. The molecule has 0 aliphatic carbocycles. The number of benzene rings is 1. The van der Waals surface area contributed by atoms with Crippen molar-refractivity contribution in [2.75, 3.05) is 13.1 Å². The molecule has 1 saturated heterocycles. The fraction of sp³-hybridized carbons (Fsp3) is 0.571. The third-order valence-electron chi connectivity index (χ3n) is 3.54. The average molecular weight is 378 g/mol. The summed E-state index contributed by atoms with van der Waals surface area (Å²) in [5.41, 5.74) is 1.22. The predicted molar refractivity (Wildman–Crippen MR) is 83.6 cm³/mol. The third kappa shape index (κ3) is 3.48. The van der Waals surface area contributed by atoms with Crippen LogP contribution in [-0.4, -0.2) is 43.1 Å². The summed E-state index contributed by atoms with van der Waals surface area (Å²) in [7, 11) is -3.60. The molecular formula is C14H20BrNO4S. The van der Waals surface area contributed by atoms with Gasteiger partial charge in [0, 0.05) is 17.6 Å². The van der Waals surface area contributed by atoms with E-state index in [0.29, 0.717) is 28.7 Å². The highest BCUT2D eigenvalue weighted by molar-refractivity contribution is 9.10. The van der Waals surface area contributed by atoms with Gasteiger partial charge in [0.05, 0.1) is 23.7 Å². The van der Waals surface area contributed by atoms with Crippen molar-refractivity contribution in [1.29, 1.82) is 0 Å². The molecule has 0 spiro atoms. The van der Waals surface area contributed by atoms with E-state index in [2.05, 4.69) is 15.9 Å². The number of morpholine rings is 1. The van der Waals surface area contributed by atoms with Crippen LogP contribution in [0.1, 0.15) is 25.0 Å². The largest absolute Gasteiger partial charge is 0.392 e. The lowest BCUT2D eigenvalue weighted by Gasteiger charge is -2.34. The third-order valence-corrected chi connectivity index (χ3v) is 6.32. The number of hydrogen-bond acceptors (Lipinski definition) is 4. The Hall–Kier alpha value is -0.470. The lowest BCUT2D eigenvalue weighted by atomic mass is 10.2. The molecule has 1 N–H and O–H groups in total. The zero-order valence-electron chi connectivity index (χ0n) is 12.3. The van der Waals surface area contributed by atoms with Crippen molar-refractivity contribution in [3.8, 4) is 0 Å².